The Morgan fingerprint density at radius 3 is 2.40 bits per heavy atom. The molecule has 0 heterocycles. The second-order valence-corrected chi connectivity index (χ2v) is 6.67. The molecule has 0 aromatic heterocycles. The highest BCUT2D eigenvalue weighted by Gasteiger charge is 2.29. The van der Waals surface area contributed by atoms with Crippen molar-refractivity contribution in [3.05, 3.63) is 29.8 Å². The first kappa shape index (κ1) is 12.7. The van der Waals surface area contributed by atoms with Gasteiger partial charge in [0.25, 0.3) is 0 Å². The third-order valence-electron chi connectivity index (χ3n) is 4.12. The van der Waals surface area contributed by atoms with Gasteiger partial charge < -0.3 is 15.6 Å². The van der Waals surface area contributed by atoms with Gasteiger partial charge in [-0.3, -0.25) is 0 Å². The number of hydrogen-bond acceptors (Lipinski definition) is 3. The van der Waals surface area contributed by atoms with Gasteiger partial charge in [-0.2, -0.15) is 0 Å². The molecule has 20 heavy (non-hydrogen) atoms. The van der Waals surface area contributed by atoms with Gasteiger partial charge in [-0.05, 0) is 44.4 Å². The molecule has 0 aliphatic heterocycles. The third-order valence-corrected chi connectivity index (χ3v) is 4.12. The maximum Gasteiger partial charge on any atom is 0.119 e. The summed E-state index contributed by atoms with van der Waals surface area (Å²) in [6, 6.07) is 6.51. The van der Waals surface area contributed by atoms with E-state index in [0.29, 0.717) is 5.75 Å². The number of nitrogens with two attached hydrogens (primary N) is 1. The molecule has 0 amide bonds. The normalized spacial score (nSPS) is 22.1. The number of hydrogen-bond donors (Lipinski definition) is 2. The molecule has 3 N–H and O–H groups in total. The van der Waals surface area contributed by atoms with Gasteiger partial charge in [-0.1, -0.05) is 31.9 Å². The number of aliphatic hydroxyl groups is 1. The zero-order chi connectivity index (χ0) is 16.6. The summed E-state index contributed by atoms with van der Waals surface area (Å²) in [5.41, 5.74) is 5.36. The van der Waals surface area contributed by atoms with Gasteiger partial charge in [0, 0.05) is 5.41 Å². The molecule has 1 atom stereocenters. The lowest BCUT2D eigenvalue weighted by Crippen LogP contribution is -2.34. The Labute approximate surface area is 124 Å². The van der Waals surface area contributed by atoms with Crippen LogP contribution in [0.25, 0.3) is 0 Å². The predicted molar refractivity (Wildman–Crippen MR) is 81.7 cm³/mol. The molecule has 3 heteroatoms. The van der Waals surface area contributed by atoms with E-state index in [0.717, 1.165) is 31.2 Å². The van der Waals surface area contributed by atoms with Crippen LogP contribution in [-0.4, -0.2) is 17.3 Å². The summed E-state index contributed by atoms with van der Waals surface area (Å²) in [6.45, 7) is 3.60. The van der Waals surface area contributed by atoms with Crippen LogP contribution < -0.4 is 10.5 Å². The van der Waals surface area contributed by atoms with E-state index < -0.39 is 23.6 Å². The van der Waals surface area contributed by atoms with Gasteiger partial charge in [-0.15, -0.1) is 0 Å². The van der Waals surface area contributed by atoms with Crippen LogP contribution in [0, 0.1) is 5.41 Å². The largest absolute Gasteiger partial charge is 0.493 e. The summed E-state index contributed by atoms with van der Waals surface area (Å²) in [6.07, 6.45) is 3.81. The van der Waals surface area contributed by atoms with E-state index in [1.807, 2.05) is 6.92 Å². The molecule has 112 valence electrons. The molecule has 1 fully saturated rings. The molecule has 1 saturated carbocycles. The number of rotatable bonds is 5. The highest BCUT2D eigenvalue weighted by Crippen LogP contribution is 2.37. The molecule has 1 aliphatic rings. The maximum absolute atomic E-state index is 9.96. The molecule has 1 unspecified atom stereocenters. The van der Waals surface area contributed by atoms with Gasteiger partial charge in [-0.25, -0.2) is 0 Å². The van der Waals surface area contributed by atoms with Crippen LogP contribution in [0.1, 0.15) is 60.8 Å². The Kier molecular flexibility index (Phi) is 3.64. The zero-order valence-electron chi connectivity index (χ0n) is 14.6. The van der Waals surface area contributed by atoms with Crippen molar-refractivity contribution in [3.8, 4) is 5.75 Å². The van der Waals surface area contributed by atoms with Crippen molar-refractivity contribution in [3.63, 3.8) is 0 Å². The fourth-order valence-electron chi connectivity index (χ4n) is 2.59. The topological polar surface area (TPSA) is 55.5 Å². The van der Waals surface area contributed by atoms with Gasteiger partial charge in [0.2, 0.25) is 0 Å². The Morgan fingerprint density at radius 2 is 1.90 bits per heavy atom. The summed E-state index contributed by atoms with van der Waals surface area (Å²) in [5.74, 6) is 0.491. The molecule has 0 radical (unpaired) electrons. The summed E-state index contributed by atoms with van der Waals surface area (Å²) in [4.78, 5) is 0. The average molecular weight is 279 g/mol. The van der Waals surface area contributed by atoms with E-state index >= 15 is 0 Å². The summed E-state index contributed by atoms with van der Waals surface area (Å²) in [5, 5.41) is 9.96. The van der Waals surface area contributed by atoms with E-state index in [9.17, 15) is 5.11 Å². The van der Waals surface area contributed by atoms with Crippen LogP contribution in [0.5, 0.6) is 5.75 Å². The fraction of sp³-hybridized carbons (Fsp3) is 0.647. The number of benzene rings is 1. The molecule has 2 rings (SSSR count). The first-order valence-corrected chi connectivity index (χ1v) is 7.32. The quantitative estimate of drug-likeness (QED) is 0.868. The molecule has 0 saturated heterocycles. The first-order chi connectivity index (χ1) is 10.1. The monoisotopic (exact) mass is 279 g/mol. The highest BCUT2D eigenvalue weighted by molar-refractivity contribution is 5.30. The Hall–Kier alpha value is -1.06. The second-order valence-electron chi connectivity index (χ2n) is 6.67. The average Bonchev–Trinajstić information content (AvgIpc) is 2.86. The molecular formula is C17H27NO2. The second kappa shape index (κ2) is 5.74. The molecule has 0 bridgehead atoms. The summed E-state index contributed by atoms with van der Waals surface area (Å²) < 4.78 is 22.2. The van der Waals surface area contributed by atoms with E-state index in [1.165, 1.54) is 0 Å². The minimum absolute atomic E-state index is 0.435. The van der Waals surface area contributed by atoms with Crippen molar-refractivity contribution in [1.82, 2.24) is 0 Å². The molecule has 1 aromatic carbocycles. The smallest absolute Gasteiger partial charge is 0.119 e. The zero-order valence-corrected chi connectivity index (χ0v) is 12.6. The minimum atomic E-state index is -1.69. The molecule has 3 nitrogen and oxygen atoms in total. The first-order valence-electron chi connectivity index (χ1n) is 8.32. The molecular weight excluding hydrogens is 250 g/mol. The van der Waals surface area contributed by atoms with Crippen LogP contribution in [0.3, 0.4) is 0 Å². The van der Waals surface area contributed by atoms with Gasteiger partial charge in [0.05, 0.1) is 20.9 Å². The third kappa shape index (κ3) is 3.74. The maximum atomic E-state index is 9.96. The SMILES string of the molecule is [2H]C([2H])(Oc1ccc(C(N)C(C)(C)O)cc1)C1(C)CCCC1. The van der Waals surface area contributed by atoms with Crippen LogP contribution in [0.4, 0.5) is 0 Å². The summed E-state index contributed by atoms with van der Waals surface area (Å²) >= 11 is 0. The predicted octanol–water partition coefficient (Wildman–Crippen LogP) is 3.42. The Balaban J connectivity index is 2.11. The van der Waals surface area contributed by atoms with Crippen LogP contribution in [0.2, 0.25) is 0 Å². The minimum Gasteiger partial charge on any atom is -0.493 e. The van der Waals surface area contributed by atoms with Crippen LogP contribution in [0.15, 0.2) is 24.3 Å². The number of ether oxygens (including phenoxy) is 1. The highest BCUT2D eigenvalue weighted by atomic mass is 16.5. The van der Waals surface area contributed by atoms with Crippen molar-refractivity contribution >= 4 is 0 Å². The molecule has 1 aromatic rings. The standard InChI is InChI=1S/C17H27NO2/c1-16(2,19)15(18)13-6-8-14(9-7-13)20-12-17(3)10-4-5-11-17/h6-9,15,19H,4-5,10-12,18H2,1-3H3/i12D2. The van der Waals surface area contributed by atoms with Crippen LogP contribution >= 0.6 is 0 Å². The van der Waals surface area contributed by atoms with Crippen molar-refractivity contribution < 1.29 is 12.6 Å². The fourth-order valence-corrected chi connectivity index (χ4v) is 2.59. The van der Waals surface area contributed by atoms with E-state index in [4.69, 9.17) is 13.2 Å². The van der Waals surface area contributed by atoms with Crippen LogP contribution in [-0.2, 0) is 0 Å². The Morgan fingerprint density at radius 1 is 1.35 bits per heavy atom. The molecule has 1 aliphatic carbocycles. The van der Waals surface area contributed by atoms with Gasteiger partial charge in [0.15, 0.2) is 0 Å². The van der Waals surface area contributed by atoms with E-state index in [1.54, 1.807) is 38.1 Å². The van der Waals surface area contributed by atoms with Crippen molar-refractivity contribution in [2.24, 2.45) is 11.1 Å². The lowest BCUT2D eigenvalue weighted by molar-refractivity contribution is 0.0517. The summed E-state index contributed by atoms with van der Waals surface area (Å²) in [7, 11) is 0. The van der Waals surface area contributed by atoms with E-state index in [2.05, 4.69) is 0 Å². The molecule has 0 spiro atoms. The van der Waals surface area contributed by atoms with Gasteiger partial charge in [0.1, 0.15) is 5.75 Å². The van der Waals surface area contributed by atoms with Gasteiger partial charge >= 0.3 is 0 Å². The van der Waals surface area contributed by atoms with Crippen molar-refractivity contribution in [1.29, 1.82) is 0 Å². The lowest BCUT2D eigenvalue weighted by atomic mass is 9.90. The Bertz CT molecular complexity index is 502. The van der Waals surface area contributed by atoms with Crippen molar-refractivity contribution in [2.75, 3.05) is 6.56 Å². The van der Waals surface area contributed by atoms with E-state index in [-0.39, 0.29) is 0 Å². The van der Waals surface area contributed by atoms with Crippen molar-refractivity contribution in [2.45, 2.75) is 58.1 Å². The lowest BCUT2D eigenvalue weighted by Gasteiger charge is -2.26.